The molecule has 0 spiro atoms. The Morgan fingerprint density at radius 3 is 2.69 bits per heavy atom. The van der Waals surface area contributed by atoms with Gasteiger partial charge in [-0.2, -0.15) is 0 Å². The number of para-hydroxylation sites is 2. The van der Waals surface area contributed by atoms with Gasteiger partial charge in [-0.1, -0.05) is 30.7 Å². The van der Waals surface area contributed by atoms with Gasteiger partial charge in [0.25, 0.3) is 0 Å². The van der Waals surface area contributed by atoms with Gasteiger partial charge in [-0.15, -0.1) is 0 Å². The number of benzene rings is 2. The Balaban J connectivity index is 1.50. The van der Waals surface area contributed by atoms with E-state index < -0.39 is 11.9 Å². The molecule has 3 atom stereocenters. The number of aromatic amines is 1. The number of hydrogen-bond acceptors (Lipinski definition) is 4. The van der Waals surface area contributed by atoms with Gasteiger partial charge in [-0.05, 0) is 55.5 Å². The summed E-state index contributed by atoms with van der Waals surface area (Å²) in [7, 11) is 1.62. The molecule has 3 aromatic rings. The van der Waals surface area contributed by atoms with Crippen LogP contribution in [0.2, 0.25) is 0 Å². The van der Waals surface area contributed by atoms with Gasteiger partial charge in [-0.25, -0.2) is 9.78 Å². The van der Waals surface area contributed by atoms with Crippen molar-refractivity contribution < 1.29 is 19.4 Å². The minimum Gasteiger partial charge on any atom is -0.497 e. The highest BCUT2D eigenvalue weighted by Crippen LogP contribution is 2.25. The van der Waals surface area contributed by atoms with Crippen LogP contribution in [-0.2, 0) is 11.2 Å². The highest BCUT2D eigenvalue weighted by atomic mass is 16.5. The highest BCUT2D eigenvalue weighted by molar-refractivity contribution is 5.77. The number of carboxylic acids is 1. The van der Waals surface area contributed by atoms with E-state index in [0.717, 1.165) is 35.2 Å². The van der Waals surface area contributed by atoms with Gasteiger partial charge in [0.2, 0.25) is 0 Å². The summed E-state index contributed by atoms with van der Waals surface area (Å²) < 4.78 is 5.23. The molecule has 1 aliphatic rings. The number of urea groups is 1. The quantitative estimate of drug-likeness (QED) is 0.450. The van der Waals surface area contributed by atoms with Crippen LogP contribution in [0, 0.1) is 5.92 Å². The third-order valence-corrected chi connectivity index (χ3v) is 6.00. The molecule has 1 heterocycles. The third kappa shape index (κ3) is 5.19. The molecule has 1 aromatic heterocycles. The second-order valence-electron chi connectivity index (χ2n) is 8.26. The van der Waals surface area contributed by atoms with Gasteiger partial charge in [0.1, 0.15) is 11.6 Å². The molecule has 32 heavy (non-hydrogen) atoms. The van der Waals surface area contributed by atoms with Crippen molar-refractivity contribution in [3.8, 4) is 5.75 Å². The van der Waals surface area contributed by atoms with Crippen molar-refractivity contribution in [1.29, 1.82) is 0 Å². The van der Waals surface area contributed by atoms with Crippen LogP contribution < -0.4 is 15.4 Å². The second-order valence-corrected chi connectivity index (χ2v) is 8.26. The predicted octanol–water partition coefficient (Wildman–Crippen LogP) is 3.80. The normalized spacial score (nSPS) is 19.3. The number of methoxy groups -OCH3 is 1. The van der Waals surface area contributed by atoms with Crippen molar-refractivity contribution >= 4 is 23.0 Å². The molecule has 168 valence electrons. The lowest BCUT2D eigenvalue weighted by Crippen LogP contribution is -2.46. The Morgan fingerprint density at radius 2 is 1.97 bits per heavy atom. The molecule has 0 bridgehead atoms. The standard InChI is InChI=1S/C24H28N4O4/c1-32-18-11-9-15(10-12-18)13-21(22-26-19-7-2-3-8-20(19)27-22)28-24(31)25-17-6-4-5-16(14-17)23(29)30/h2-3,7-12,16-17,21H,4-6,13-14H2,1H3,(H,26,27)(H,29,30)(H2,25,28,31)/t16?,17?,21-/m1/s1. The molecule has 0 saturated heterocycles. The number of carbonyl (C=O) groups is 2. The lowest BCUT2D eigenvalue weighted by molar-refractivity contribution is -0.143. The fraction of sp³-hybridized carbons (Fsp3) is 0.375. The van der Waals surface area contributed by atoms with Crippen LogP contribution in [0.1, 0.15) is 43.1 Å². The van der Waals surface area contributed by atoms with Crippen molar-refractivity contribution in [3.63, 3.8) is 0 Å². The van der Waals surface area contributed by atoms with Crippen LogP contribution in [-0.4, -0.2) is 40.2 Å². The zero-order valence-corrected chi connectivity index (χ0v) is 18.0. The number of aromatic nitrogens is 2. The first-order valence-electron chi connectivity index (χ1n) is 10.9. The molecule has 0 aliphatic heterocycles. The minimum absolute atomic E-state index is 0.151. The number of amides is 2. The van der Waals surface area contributed by atoms with Crippen molar-refractivity contribution in [3.05, 3.63) is 59.9 Å². The van der Waals surface area contributed by atoms with E-state index in [-0.39, 0.29) is 18.1 Å². The fourth-order valence-electron chi connectivity index (χ4n) is 4.28. The maximum absolute atomic E-state index is 12.8. The smallest absolute Gasteiger partial charge is 0.315 e. The first kappa shape index (κ1) is 21.7. The summed E-state index contributed by atoms with van der Waals surface area (Å²) >= 11 is 0. The molecule has 2 aromatic carbocycles. The van der Waals surface area contributed by atoms with Crippen LogP contribution in [0.5, 0.6) is 5.75 Å². The molecule has 0 radical (unpaired) electrons. The van der Waals surface area contributed by atoms with E-state index in [1.54, 1.807) is 7.11 Å². The number of ether oxygens (including phenoxy) is 1. The van der Waals surface area contributed by atoms with E-state index in [4.69, 9.17) is 4.74 Å². The summed E-state index contributed by atoms with van der Waals surface area (Å²) in [5.74, 6) is 0.241. The number of carboxylic acid groups (broad SMARTS) is 1. The van der Waals surface area contributed by atoms with Crippen LogP contribution in [0.25, 0.3) is 11.0 Å². The fourth-order valence-corrected chi connectivity index (χ4v) is 4.28. The number of rotatable bonds is 7. The molecule has 1 saturated carbocycles. The van der Waals surface area contributed by atoms with Crippen LogP contribution >= 0.6 is 0 Å². The predicted molar refractivity (Wildman–Crippen MR) is 121 cm³/mol. The number of nitrogens with one attached hydrogen (secondary N) is 3. The molecule has 2 unspecified atom stereocenters. The number of H-pyrrole nitrogens is 1. The lowest BCUT2D eigenvalue weighted by Gasteiger charge is -2.28. The van der Waals surface area contributed by atoms with E-state index in [0.29, 0.717) is 25.1 Å². The molecule has 2 amide bonds. The second kappa shape index (κ2) is 9.72. The van der Waals surface area contributed by atoms with Crippen LogP contribution in [0.3, 0.4) is 0 Å². The van der Waals surface area contributed by atoms with E-state index >= 15 is 0 Å². The largest absolute Gasteiger partial charge is 0.497 e. The molecule has 1 aliphatic carbocycles. The van der Waals surface area contributed by atoms with Crippen molar-refractivity contribution in [2.75, 3.05) is 7.11 Å². The molecular formula is C24H28N4O4. The van der Waals surface area contributed by atoms with Gasteiger partial charge >= 0.3 is 12.0 Å². The highest BCUT2D eigenvalue weighted by Gasteiger charge is 2.28. The number of carbonyl (C=O) groups excluding carboxylic acids is 1. The average molecular weight is 437 g/mol. The Hall–Kier alpha value is -3.55. The van der Waals surface area contributed by atoms with E-state index in [9.17, 15) is 14.7 Å². The lowest BCUT2D eigenvalue weighted by atomic mass is 9.86. The maximum atomic E-state index is 12.8. The number of hydrogen-bond donors (Lipinski definition) is 4. The summed E-state index contributed by atoms with van der Waals surface area (Å²) in [6.45, 7) is 0. The van der Waals surface area contributed by atoms with Gasteiger partial charge in [0.15, 0.2) is 0 Å². The van der Waals surface area contributed by atoms with Gasteiger partial charge in [-0.3, -0.25) is 4.79 Å². The zero-order valence-electron chi connectivity index (χ0n) is 18.0. The number of imidazole rings is 1. The first-order valence-corrected chi connectivity index (χ1v) is 10.9. The number of nitrogens with zero attached hydrogens (tertiary/aromatic N) is 1. The summed E-state index contributed by atoms with van der Waals surface area (Å²) in [6, 6.07) is 14.6. The van der Waals surface area contributed by atoms with Crippen molar-refractivity contribution in [2.45, 2.75) is 44.2 Å². The number of aliphatic carboxylic acids is 1. The van der Waals surface area contributed by atoms with Crippen molar-refractivity contribution in [2.24, 2.45) is 5.92 Å². The number of fused-ring (bicyclic) bond motifs is 1. The van der Waals surface area contributed by atoms with Crippen LogP contribution in [0.15, 0.2) is 48.5 Å². The molecule has 4 rings (SSSR count). The van der Waals surface area contributed by atoms with Gasteiger partial charge in [0, 0.05) is 6.04 Å². The molecular weight excluding hydrogens is 408 g/mol. The van der Waals surface area contributed by atoms with E-state index in [1.165, 1.54) is 0 Å². The molecule has 4 N–H and O–H groups in total. The molecule has 8 nitrogen and oxygen atoms in total. The van der Waals surface area contributed by atoms with E-state index in [2.05, 4.69) is 20.6 Å². The zero-order chi connectivity index (χ0) is 22.5. The summed E-state index contributed by atoms with van der Waals surface area (Å²) in [6.07, 6.45) is 3.23. The first-order chi connectivity index (χ1) is 15.5. The summed E-state index contributed by atoms with van der Waals surface area (Å²) in [5, 5.41) is 15.3. The Morgan fingerprint density at radius 1 is 1.19 bits per heavy atom. The monoisotopic (exact) mass is 436 g/mol. The topological polar surface area (TPSA) is 116 Å². The molecule has 8 heteroatoms. The summed E-state index contributed by atoms with van der Waals surface area (Å²) in [5.41, 5.74) is 2.77. The van der Waals surface area contributed by atoms with Gasteiger partial charge in [0.05, 0.1) is 30.1 Å². The van der Waals surface area contributed by atoms with Crippen molar-refractivity contribution in [1.82, 2.24) is 20.6 Å². The van der Waals surface area contributed by atoms with Crippen LogP contribution in [0.4, 0.5) is 4.79 Å². The SMILES string of the molecule is COc1ccc(C[C@@H](NC(=O)NC2CCCC(C(=O)O)C2)c2nc3ccccc3[nH]2)cc1. The Labute approximate surface area is 186 Å². The van der Waals surface area contributed by atoms with E-state index in [1.807, 2.05) is 48.5 Å². The Kier molecular flexibility index (Phi) is 6.58. The Bertz CT molecular complexity index is 1050. The molecule has 1 fully saturated rings. The average Bonchev–Trinajstić information content (AvgIpc) is 3.23. The summed E-state index contributed by atoms with van der Waals surface area (Å²) in [4.78, 5) is 32.2. The minimum atomic E-state index is -0.795. The van der Waals surface area contributed by atoms with Gasteiger partial charge < -0.3 is 25.5 Å². The maximum Gasteiger partial charge on any atom is 0.315 e. The third-order valence-electron chi connectivity index (χ3n) is 6.00.